The van der Waals surface area contributed by atoms with Crippen LogP contribution in [0.3, 0.4) is 0 Å². The third kappa shape index (κ3) is 8.68. The Kier molecular flexibility index (Phi) is 11.2. The van der Waals surface area contributed by atoms with Gasteiger partial charge in [-0.15, -0.1) is 5.01 Å². The molecule has 9 heteroatoms. The van der Waals surface area contributed by atoms with E-state index in [0.717, 1.165) is 28.5 Å². The summed E-state index contributed by atoms with van der Waals surface area (Å²) in [6, 6.07) is 21.0. The molecule has 0 bridgehead atoms. The SMILES string of the molecule is CC[C@H](CN1CC[C@H](CNC(=O)c2ccc3cc(Cl)ccc3c2)C[C@@H](CCNC(=O)NC(C)C)[N+]1=O)c1ccccc1. The number of rotatable bonds is 11. The molecule has 0 aliphatic carbocycles. The van der Waals surface area contributed by atoms with E-state index in [9.17, 15) is 14.5 Å². The quantitative estimate of drug-likeness (QED) is 0.228. The molecular weight excluding hydrogens is 550 g/mol. The van der Waals surface area contributed by atoms with Crippen molar-refractivity contribution >= 4 is 34.3 Å². The molecule has 0 radical (unpaired) electrons. The standard InChI is InChI=1S/C33H42ClN5O3/c1-4-25(26-8-6-5-7-9-26)22-38-17-15-24(18-31(39(38)42)14-16-35-33(41)37-23(2)3)21-36-32(40)29-11-10-28-20-30(34)13-12-27(28)19-29/h5-13,19-20,23-25,31H,4,14-18,21-22H2,1-3H3,(H2-,35,36,37,40,41)/p+1/t24-,25+,31+/m0/s1. The van der Waals surface area contributed by atoms with E-state index in [-0.39, 0.29) is 35.9 Å². The molecular formula is C33H43ClN5O3+. The van der Waals surface area contributed by atoms with Crippen molar-refractivity contribution in [3.05, 3.63) is 87.8 Å². The van der Waals surface area contributed by atoms with Crippen LogP contribution in [0, 0.1) is 10.8 Å². The molecule has 0 aromatic heterocycles. The minimum Gasteiger partial charge on any atom is -0.352 e. The van der Waals surface area contributed by atoms with Crippen molar-refractivity contribution in [3.63, 3.8) is 0 Å². The molecule has 1 saturated heterocycles. The van der Waals surface area contributed by atoms with Crippen molar-refractivity contribution in [1.82, 2.24) is 21.0 Å². The van der Waals surface area contributed by atoms with Crippen LogP contribution in [0.2, 0.25) is 5.02 Å². The Balaban J connectivity index is 1.43. The third-order valence-electron chi connectivity index (χ3n) is 7.99. The number of hydrogen-bond acceptors (Lipinski definition) is 3. The summed E-state index contributed by atoms with van der Waals surface area (Å²) in [6.45, 7) is 8.08. The van der Waals surface area contributed by atoms with Gasteiger partial charge in [0.25, 0.3) is 5.91 Å². The highest BCUT2D eigenvalue weighted by Crippen LogP contribution is 2.26. The Hall–Kier alpha value is -3.65. The highest BCUT2D eigenvalue weighted by atomic mass is 35.5. The number of carbonyl (C=O) groups is 2. The number of hydrazine groups is 1. The van der Waals surface area contributed by atoms with Crippen LogP contribution in [-0.2, 0) is 0 Å². The molecule has 4 rings (SSSR count). The Morgan fingerprint density at radius 3 is 2.50 bits per heavy atom. The van der Waals surface area contributed by atoms with Gasteiger partial charge in [-0.3, -0.25) is 4.79 Å². The number of urea groups is 1. The van der Waals surface area contributed by atoms with Crippen molar-refractivity contribution in [2.24, 2.45) is 5.92 Å². The fourth-order valence-corrected chi connectivity index (χ4v) is 5.83. The maximum absolute atomic E-state index is 13.8. The highest BCUT2D eigenvalue weighted by Gasteiger charge is 2.38. The average molecular weight is 593 g/mol. The molecule has 3 aromatic carbocycles. The fraction of sp³-hybridized carbons (Fsp3) is 0.455. The Morgan fingerprint density at radius 2 is 1.76 bits per heavy atom. The van der Waals surface area contributed by atoms with Gasteiger partial charge in [-0.1, -0.05) is 61.0 Å². The van der Waals surface area contributed by atoms with Crippen LogP contribution in [0.5, 0.6) is 0 Å². The lowest BCUT2D eigenvalue weighted by molar-refractivity contribution is -0.734. The number of carbonyl (C=O) groups excluding carboxylic acids is 2. The van der Waals surface area contributed by atoms with E-state index in [2.05, 4.69) is 35.0 Å². The van der Waals surface area contributed by atoms with Gasteiger partial charge in [-0.25, -0.2) is 4.79 Å². The molecule has 0 spiro atoms. The largest absolute Gasteiger partial charge is 0.352 e. The van der Waals surface area contributed by atoms with Gasteiger partial charge in [0.2, 0.25) is 6.04 Å². The number of nitroso groups, excluding NO2 is 1. The number of amides is 3. The first kappa shape index (κ1) is 31.3. The normalized spacial score (nSPS) is 18.0. The first-order chi connectivity index (χ1) is 20.2. The van der Waals surface area contributed by atoms with Gasteiger partial charge in [0.05, 0.1) is 18.0 Å². The molecule has 0 unspecified atom stereocenters. The number of benzene rings is 3. The molecule has 1 aliphatic heterocycles. The molecule has 224 valence electrons. The fourth-order valence-electron chi connectivity index (χ4n) is 5.65. The molecule has 3 aromatic rings. The number of fused-ring (bicyclic) bond motifs is 1. The van der Waals surface area contributed by atoms with Crippen molar-refractivity contribution < 1.29 is 14.5 Å². The summed E-state index contributed by atoms with van der Waals surface area (Å²) in [5, 5.41) is 13.4. The van der Waals surface area contributed by atoms with E-state index in [0.29, 0.717) is 49.6 Å². The highest BCUT2D eigenvalue weighted by molar-refractivity contribution is 6.31. The molecule has 8 nitrogen and oxygen atoms in total. The second kappa shape index (κ2) is 15.0. The predicted octanol–water partition coefficient (Wildman–Crippen LogP) is 6.29. The van der Waals surface area contributed by atoms with Gasteiger partial charge < -0.3 is 16.0 Å². The van der Waals surface area contributed by atoms with Gasteiger partial charge in [-0.2, -0.15) is 0 Å². The number of nitrogens with zero attached hydrogens (tertiary/aromatic N) is 2. The topological polar surface area (TPSA) is 93.6 Å². The summed E-state index contributed by atoms with van der Waals surface area (Å²) in [5.41, 5.74) is 1.82. The maximum atomic E-state index is 13.8. The third-order valence-corrected chi connectivity index (χ3v) is 8.22. The van der Waals surface area contributed by atoms with E-state index in [1.807, 2.05) is 73.5 Å². The lowest BCUT2D eigenvalue weighted by Gasteiger charge is -2.22. The van der Waals surface area contributed by atoms with Crippen LogP contribution in [0.15, 0.2) is 66.7 Å². The summed E-state index contributed by atoms with van der Waals surface area (Å²) in [6.07, 6.45) is 2.86. The Labute approximate surface area is 253 Å². The second-order valence-electron chi connectivity index (χ2n) is 11.5. The van der Waals surface area contributed by atoms with Gasteiger partial charge in [0, 0.05) is 48.5 Å². The molecule has 0 saturated carbocycles. The van der Waals surface area contributed by atoms with Crippen LogP contribution in [0.4, 0.5) is 4.79 Å². The number of hydrogen-bond donors (Lipinski definition) is 3. The molecule has 1 heterocycles. The molecule has 1 fully saturated rings. The first-order valence-corrected chi connectivity index (χ1v) is 15.4. The van der Waals surface area contributed by atoms with Gasteiger partial charge in [0.1, 0.15) is 4.87 Å². The number of nitrogens with one attached hydrogen (secondary N) is 3. The Morgan fingerprint density at radius 1 is 1.02 bits per heavy atom. The van der Waals surface area contributed by atoms with E-state index in [1.54, 1.807) is 0 Å². The minimum absolute atomic E-state index is 0.0340. The summed E-state index contributed by atoms with van der Waals surface area (Å²) in [4.78, 5) is 40.1. The van der Waals surface area contributed by atoms with Crippen molar-refractivity contribution in [1.29, 1.82) is 0 Å². The lowest BCUT2D eigenvalue weighted by Crippen LogP contribution is -2.44. The monoisotopic (exact) mass is 592 g/mol. The van der Waals surface area contributed by atoms with Gasteiger partial charge >= 0.3 is 6.03 Å². The number of halogens is 1. The van der Waals surface area contributed by atoms with Crippen LogP contribution in [0.1, 0.15) is 68.3 Å². The molecule has 3 atom stereocenters. The van der Waals surface area contributed by atoms with Crippen molar-refractivity contribution in [3.8, 4) is 0 Å². The lowest BCUT2D eigenvalue weighted by atomic mass is 9.95. The second-order valence-corrected chi connectivity index (χ2v) is 12.0. The zero-order valence-electron chi connectivity index (χ0n) is 24.8. The summed E-state index contributed by atoms with van der Waals surface area (Å²) in [7, 11) is 0. The van der Waals surface area contributed by atoms with Crippen molar-refractivity contribution in [2.75, 3.05) is 26.2 Å². The zero-order chi connectivity index (χ0) is 30.1. The van der Waals surface area contributed by atoms with Gasteiger partial charge in [-0.05, 0) is 73.2 Å². The van der Waals surface area contributed by atoms with Gasteiger partial charge in [0.15, 0.2) is 0 Å². The average Bonchev–Trinajstić information content (AvgIpc) is 3.12. The maximum Gasteiger partial charge on any atom is 0.314 e. The van der Waals surface area contributed by atoms with Crippen molar-refractivity contribution in [2.45, 2.75) is 64.5 Å². The predicted molar refractivity (Wildman–Crippen MR) is 169 cm³/mol. The Bertz CT molecular complexity index is 1370. The summed E-state index contributed by atoms with van der Waals surface area (Å²) >= 11 is 6.10. The smallest absolute Gasteiger partial charge is 0.314 e. The molecule has 42 heavy (non-hydrogen) atoms. The van der Waals surface area contributed by atoms with E-state index in [4.69, 9.17) is 11.6 Å². The van der Waals surface area contributed by atoms with Crippen LogP contribution in [0.25, 0.3) is 10.8 Å². The minimum atomic E-state index is -0.313. The first-order valence-electron chi connectivity index (χ1n) is 15.0. The molecule has 3 amide bonds. The van der Waals surface area contributed by atoms with Crippen LogP contribution in [-0.4, -0.2) is 60.1 Å². The van der Waals surface area contributed by atoms with E-state index in [1.165, 1.54) is 5.56 Å². The van der Waals surface area contributed by atoms with Crippen LogP contribution >= 0.6 is 11.6 Å². The van der Waals surface area contributed by atoms with E-state index < -0.39 is 0 Å². The molecule has 3 N–H and O–H groups in total. The zero-order valence-corrected chi connectivity index (χ0v) is 25.6. The van der Waals surface area contributed by atoms with E-state index >= 15 is 0 Å². The summed E-state index contributed by atoms with van der Waals surface area (Å²) < 4.78 is 0. The summed E-state index contributed by atoms with van der Waals surface area (Å²) in [5.74, 6) is 0.226. The van der Waals surface area contributed by atoms with Crippen LogP contribution < -0.4 is 16.0 Å². The molecule has 1 aliphatic rings.